The Morgan fingerprint density at radius 3 is 2.74 bits per heavy atom. The lowest BCUT2D eigenvalue weighted by atomic mass is 9.69. The van der Waals surface area contributed by atoms with Gasteiger partial charge in [-0.25, -0.2) is 5.48 Å². The third-order valence-electron chi connectivity index (χ3n) is 5.12. The van der Waals surface area contributed by atoms with Crippen LogP contribution in [-0.2, 0) is 4.79 Å². The molecule has 2 aliphatic rings. The van der Waals surface area contributed by atoms with Crippen LogP contribution in [0.5, 0.6) is 5.75 Å². The minimum atomic E-state index is -0.576. The Hall–Kier alpha value is -2.08. The lowest BCUT2D eigenvalue weighted by Gasteiger charge is -2.42. The summed E-state index contributed by atoms with van der Waals surface area (Å²) in [4.78, 5) is 26.4. The maximum absolute atomic E-state index is 12.9. The van der Waals surface area contributed by atoms with E-state index in [4.69, 9.17) is 9.94 Å². The largest absolute Gasteiger partial charge is 0.491 e. The Labute approximate surface area is 135 Å². The normalized spacial score (nSPS) is 22.2. The maximum Gasteiger partial charge on any atom is 0.274 e. The van der Waals surface area contributed by atoms with Gasteiger partial charge in [0.05, 0.1) is 12.6 Å². The van der Waals surface area contributed by atoms with Crippen LogP contribution in [0.1, 0.15) is 55.1 Å². The number of hydroxylamine groups is 1. The first-order valence-corrected chi connectivity index (χ1v) is 7.98. The number of nitrogens with one attached hydrogen (secondary N) is 1. The molecule has 1 fully saturated rings. The molecule has 2 amide bonds. The summed E-state index contributed by atoms with van der Waals surface area (Å²) in [5.74, 6) is 0.263. The zero-order valence-electron chi connectivity index (χ0n) is 13.5. The average Bonchev–Trinajstić information content (AvgIpc) is 2.70. The first-order valence-electron chi connectivity index (χ1n) is 7.98. The minimum absolute atomic E-state index is 0.157. The predicted octanol–water partition coefficient (Wildman–Crippen LogP) is 2.28. The quantitative estimate of drug-likeness (QED) is 0.648. The topological polar surface area (TPSA) is 78.9 Å². The van der Waals surface area contributed by atoms with Crippen LogP contribution < -0.4 is 10.2 Å². The van der Waals surface area contributed by atoms with Crippen LogP contribution in [0.2, 0.25) is 0 Å². The molecule has 0 aromatic heterocycles. The van der Waals surface area contributed by atoms with Crippen LogP contribution in [0.3, 0.4) is 0 Å². The van der Waals surface area contributed by atoms with E-state index in [2.05, 4.69) is 0 Å². The Kier molecular flexibility index (Phi) is 4.02. The van der Waals surface area contributed by atoms with E-state index in [0.717, 1.165) is 24.8 Å². The van der Waals surface area contributed by atoms with Crippen LogP contribution in [0, 0.1) is 5.41 Å². The molecule has 6 heteroatoms. The van der Waals surface area contributed by atoms with Gasteiger partial charge in [-0.3, -0.25) is 14.8 Å². The van der Waals surface area contributed by atoms with Crippen molar-refractivity contribution in [2.45, 2.75) is 39.2 Å². The van der Waals surface area contributed by atoms with Crippen LogP contribution in [0.4, 0.5) is 0 Å². The second kappa shape index (κ2) is 5.85. The summed E-state index contributed by atoms with van der Waals surface area (Å²) in [5, 5.41) is 8.80. The maximum atomic E-state index is 12.9. The molecule has 1 saturated carbocycles. The molecular weight excluding hydrogens is 296 g/mol. The summed E-state index contributed by atoms with van der Waals surface area (Å²) in [6.07, 6.45) is 2.95. The fraction of sp³-hybridized carbons (Fsp3) is 0.529. The van der Waals surface area contributed by atoms with Gasteiger partial charge >= 0.3 is 0 Å². The number of nitrogens with zero attached hydrogens (tertiary/aromatic N) is 1. The molecule has 6 nitrogen and oxygen atoms in total. The molecule has 2 N–H and O–H groups in total. The van der Waals surface area contributed by atoms with E-state index in [0.29, 0.717) is 24.5 Å². The lowest BCUT2D eigenvalue weighted by molar-refractivity contribution is -0.148. The summed E-state index contributed by atoms with van der Waals surface area (Å²) < 4.78 is 5.74. The van der Waals surface area contributed by atoms with Gasteiger partial charge in [0.2, 0.25) is 5.91 Å². The van der Waals surface area contributed by atoms with Crippen molar-refractivity contribution in [1.29, 1.82) is 0 Å². The summed E-state index contributed by atoms with van der Waals surface area (Å²) in [5.41, 5.74) is 2.50. The Morgan fingerprint density at radius 2 is 2.13 bits per heavy atom. The van der Waals surface area contributed by atoms with Gasteiger partial charge in [-0.15, -0.1) is 0 Å². The smallest absolute Gasteiger partial charge is 0.274 e. The van der Waals surface area contributed by atoms with Crippen molar-refractivity contribution in [3.63, 3.8) is 0 Å². The summed E-state index contributed by atoms with van der Waals surface area (Å²) >= 11 is 0. The molecule has 1 aromatic rings. The number of carbonyl (C=O) groups is 2. The lowest BCUT2D eigenvalue weighted by Crippen LogP contribution is -2.47. The SMILES string of the molecule is C[C@H]1c2cc(C(=O)NO)ccc2OCCN1C(=O)C1(C)CCC1. The third kappa shape index (κ3) is 2.67. The fourth-order valence-corrected chi connectivity index (χ4v) is 3.37. The average molecular weight is 318 g/mol. The van der Waals surface area contributed by atoms with Gasteiger partial charge < -0.3 is 9.64 Å². The second-order valence-corrected chi connectivity index (χ2v) is 6.63. The molecule has 0 bridgehead atoms. The van der Waals surface area contributed by atoms with Gasteiger partial charge in [-0.2, -0.15) is 0 Å². The second-order valence-electron chi connectivity index (χ2n) is 6.63. The van der Waals surface area contributed by atoms with E-state index < -0.39 is 5.91 Å². The molecular formula is C17H22N2O4. The molecule has 1 atom stereocenters. The first kappa shape index (κ1) is 15.8. The zero-order chi connectivity index (χ0) is 16.6. The number of carbonyl (C=O) groups excluding carboxylic acids is 2. The van der Waals surface area contributed by atoms with Crippen molar-refractivity contribution >= 4 is 11.8 Å². The van der Waals surface area contributed by atoms with E-state index >= 15 is 0 Å². The number of ether oxygens (including phenoxy) is 1. The zero-order valence-corrected chi connectivity index (χ0v) is 13.5. The Bertz CT molecular complexity index is 639. The van der Waals surface area contributed by atoms with Gasteiger partial charge in [0, 0.05) is 16.5 Å². The van der Waals surface area contributed by atoms with Crippen molar-refractivity contribution < 1.29 is 19.5 Å². The number of benzene rings is 1. The molecule has 0 saturated heterocycles. The summed E-state index contributed by atoms with van der Waals surface area (Å²) in [6.45, 7) is 4.94. The number of amides is 2. The third-order valence-corrected chi connectivity index (χ3v) is 5.12. The summed E-state index contributed by atoms with van der Waals surface area (Å²) in [6, 6.07) is 4.82. The van der Waals surface area contributed by atoms with Gasteiger partial charge in [0.15, 0.2) is 0 Å². The van der Waals surface area contributed by atoms with Crippen molar-refractivity contribution in [2.75, 3.05) is 13.2 Å². The Morgan fingerprint density at radius 1 is 1.39 bits per heavy atom. The van der Waals surface area contributed by atoms with E-state index in [9.17, 15) is 9.59 Å². The van der Waals surface area contributed by atoms with Crippen molar-refractivity contribution in [3.05, 3.63) is 29.3 Å². The van der Waals surface area contributed by atoms with E-state index in [1.54, 1.807) is 23.7 Å². The van der Waals surface area contributed by atoms with Crippen molar-refractivity contribution in [2.24, 2.45) is 5.41 Å². The van der Waals surface area contributed by atoms with E-state index in [-0.39, 0.29) is 17.4 Å². The number of hydrogen-bond donors (Lipinski definition) is 2. The molecule has 1 heterocycles. The van der Waals surface area contributed by atoms with E-state index in [1.165, 1.54) is 0 Å². The van der Waals surface area contributed by atoms with Crippen molar-refractivity contribution in [3.8, 4) is 5.75 Å². The highest BCUT2D eigenvalue weighted by atomic mass is 16.5. The van der Waals surface area contributed by atoms with Gasteiger partial charge in [0.1, 0.15) is 12.4 Å². The number of hydrogen-bond acceptors (Lipinski definition) is 4. The van der Waals surface area contributed by atoms with Crippen molar-refractivity contribution in [1.82, 2.24) is 10.4 Å². The number of fused-ring (bicyclic) bond motifs is 1. The first-order chi connectivity index (χ1) is 11.0. The van der Waals surface area contributed by atoms with E-state index in [1.807, 2.05) is 18.7 Å². The highest BCUT2D eigenvalue weighted by molar-refractivity contribution is 5.93. The van der Waals surface area contributed by atoms with Gasteiger partial charge in [-0.05, 0) is 38.0 Å². The minimum Gasteiger partial charge on any atom is -0.491 e. The molecule has 124 valence electrons. The van der Waals surface area contributed by atoms with Gasteiger partial charge in [0.25, 0.3) is 5.91 Å². The molecule has 0 spiro atoms. The molecule has 0 unspecified atom stereocenters. The monoisotopic (exact) mass is 318 g/mol. The highest BCUT2D eigenvalue weighted by Crippen LogP contribution is 2.44. The predicted molar refractivity (Wildman–Crippen MR) is 83.3 cm³/mol. The van der Waals surface area contributed by atoms with Crippen LogP contribution >= 0.6 is 0 Å². The standard InChI is InChI=1S/C17H22N2O4/c1-11-13-10-12(15(20)18-22)4-5-14(13)23-9-8-19(11)16(21)17(2)6-3-7-17/h4-5,10-11,22H,3,6-9H2,1-2H3,(H,18,20)/t11-/m0/s1. The molecule has 0 radical (unpaired) electrons. The highest BCUT2D eigenvalue weighted by Gasteiger charge is 2.43. The fourth-order valence-electron chi connectivity index (χ4n) is 3.37. The molecule has 23 heavy (non-hydrogen) atoms. The summed E-state index contributed by atoms with van der Waals surface area (Å²) in [7, 11) is 0. The molecule has 1 aromatic carbocycles. The van der Waals surface area contributed by atoms with Gasteiger partial charge in [-0.1, -0.05) is 13.3 Å². The Balaban J connectivity index is 1.93. The molecule has 1 aliphatic heterocycles. The molecule has 3 rings (SSSR count). The number of rotatable bonds is 2. The van der Waals surface area contributed by atoms with Crippen LogP contribution in [-0.4, -0.2) is 35.1 Å². The van der Waals surface area contributed by atoms with Crippen LogP contribution in [0.15, 0.2) is 18.2 Å². The molecule has 1 aliphatic carbocycles. The van der Waals surface area contributed by atoms with Crippen LogP contribution in [0.25, 0.3) is 0 Å².